The first kappa shape index (κ1) is 17.5. The zero-order chi connectivity index (χ0) is 17.8. The summed E-state index contributed by atoms with van der Waals surface area (Å²) in [5, 5.41) is 6.25. The summed E-state index contributed by atoms with van der Waals surface area (Å²) in [4.78, 5) is 17.0. The van der Waals surface area contributed by atoms with Crippen LogP contribution in [0, 0.1) is 6.92 Å². The molecule has 0 aliphatic rings. The molecule has 1 heterocycles. The number of amides is 1. The van der Waals surface area contributed by atoms with E-state index >= 15 is 0 Å². The number of aromatic nitrogens is 1. The van der Waals surface area contributed by atoms with Crippen LogP contribution in [0.15, 0.2) is 47.8 Å². The molecule has 0 aliphatic carbocycles. The van der Waals surface area contributed by atoms with Gasteiger partial charge in [0.05, 0.1) is 24.9 Å². The molecular weight excluding hydrogens is 356 g/mol. The van der Waals surface area contributed by atoms with Gasteiger partial charge in [0.15, 0.2) is 0 Å². The second-order valence-electron chi connectivity index (χ2n) is 5.49. The highest BCUT2D eigenvalue weighted by molar-refractivity contribution is 7.13. The number of benzene rings is 2. The quantitative estimate of drug-likeness (QED) is 0.705. The number of ether oxygens (including phenoxy) is 1. The van der Waals surface area contributed by atoms with Crippen LogP contribution in [-0.4, -0.2) is 18.0 Å². The summed E-state index contributed by atoms with van der Waals surface area (Å²) in [5.74, 6) is 0.241. The van der Waals surface area contributed by atoms with E-state index in [0.717, 1.165) is 16.3 Å². The van der Waals surface area contributed by atoms with Crippen molar-refractivity contribution in [2.45, 2.75) is 13.5 Å². The fourth-order valence-corrected chi connectivity index (χ4v) is 3.53. The van der Waals surface area contributed by atoms with Crippen LogP contribution in [0.3, 0.4) is 0 Å². The largest absolute Gasteiger partial charge is 0.496 e. The van der Waals surface area contributed by atoms with Crippen molar-refractivity contribution in [3.63, 3.8) is 0 Å². The number of aryl methyl sites for hydroxylation is 1. The van der Waals surface area contributed by atoms with Crippen molar-refractivity contribution in [1.29, 1.82) is 0 Å². The molecule has 3 aromatic rings. The number of nitrogens with zero attached hydrogens (tertiary/aromatic N) is 1. The maximum absolute atomic E-state index is 12.4. The Morgan fingerprint density at radius 3 is 2.84 bits per heavy atom. The molecule has 0 atom stereocenters. The summed E-state index contributed by atoms with van der Waals surface area (Å²) in [6.07, 6.45) is 0. The van der Waals surface area contributed by atoms with E-state index in [-0.39, 0.29) is 5.91 Å². The highest BCUT2D eigenvalue weighted by Gasteiger charge is 2.14. The van der Waals surface area contributed by atoms with Gasteiger partial charge >= 0.3 is 0 Å². The predicted octanol–water partition coefficient (Wildman–Crippen LogP) is 4.71. The Morgan fingerprint density at radius 1 is 1.28 bits per heavy atom. The highest BCUT2D eigenvalue weighted by atomic mass is 35.5. The minimum absolute atomic E-state index is 0.246. The van der Waals surface area contributed by atoms with Gasteiger partial charge in [-0.2, -0.15) is 0 Å². The molecule has 0 spiro atoms. The third kappa shape index (κ3) is 4.00. The average molecular weight is 373 g/mol. The molecule has 1 aromatic heterocycles. The molecule has 128 valence electrons. The lowest BCUT2D eigenvalue weighted by Crippen LogP contribution is -2.23. The monoisotopic (exact) mass is 372 g/mol. The topological polar surface area (TPSA) is 51.2 Å². The number of nitrogens with one attached hydrogen (secondary N) is 1. The second kappa shape index (κ2) is 7.68. The molecule has 25 heavy (non-hydrogen) atoms. The van der Waals surface area contributed by atoms with Crippen molar-refractivity contribution >= 4 is 28.8 Å². The van der Waals surface area contributed by atoms with Gasteiger partial charge in [0, 0.05) is 16.0 Å². The van der Waals surface area contributed by atoms with Crippen molar-refractivity contribution in [2.24, 2.45) is 0 Å². The standard InChI is InChI=1S/C19H17ClN2O2S/c1-12-5-3-4-6-15(12)19-22-14(11-25-19)10-21-18(23)16-9-13(20)7-8-17(16)24-2/h3-9,11H,10H2,1-2H3,(H,21,23). The minimum atomic E-state index is -0.246. The second-order valence-corrected chi connectivity index (χ2v) is 6.78. The number of hydrogen-bond donors (Lipinski definition) is 1. The molecule has 0 unspecified atom stereocenters. The summed E-state index contributed by atoms with van der Waals surface area (Å²) in [5.41, 5.74) is 3.51. The Balaban J connectivity index is 1.72. The first-order valence-electron chi connectivity index (χ1n) is 7.70. The van der Waals surface area contributed by atoms with Crippen LogP contribution in [-0.2, 0) is 6.54 Å². The maximum atomic E-state index is 12.4. The Labute approximate surface area is 155 Å². The van der Waals surface area contributed by atoms with Crippen LogP contribution >= 0.6 is 22.9 Å². The fraction of sp³-hybridized carbons (Fsp3) is 0.158. The molecule has 6 heteroatoms. The summed E-state index contributed by atoms with van der Waals surface area (Å²) >= 11 is 7.54. The first-order chi connectivity index (χ1) is 12.1. The van der Waals surface area contributed by atoms with E-state index in [9.17, 15) is 4.79 Å². The number of carbonyl (C=O) groups excluding carboxylic acids is 1. The average Bonchev–Trinajstić information content (AvgIpc) is 3.08. The smallest absolute Gasteiger partial charge is 0.255 e. The van der Waals surface area contributed by atoms with Crippen molar-refractivity contribution in [2.75, 3.05) is 7.11 Å². The van der Waals surface area contributed by atoms with E-state index in [2.05, 4.69) is 23.3 Å². The molecule has 0 bridgehead atoms. The minimum Gasteiger partial charge on any atom is -0.496 e. The van der Waals surface area contributed by atoms with Crippen LogP contribution in [0.2, 0.25) is 5.02 Å². The van der Waals surface area contributed by atoms with Crippen LogP contribution in [0.1, 0.15) is 21.6 Å². The van der Waals surface area contributed by atoms with Crippen molar-refractivity contribution in [1.82, 2.24) is 10.3 Å². The van der Waals surface area contributed by atoms with Gasteiger partial charge in [-0.3, -0.25) is 4.79 Å². The SMILES string of the molecule is COc1ccc(Cl)cc1C(=O)NCc1csc(-c2ccccc2C)n1. The molecular formula is C19H17ClN2O2S. The van der Waals surface area contributed by atoms with Crippen molar-refractivity contribution in [3.05, 3.63) is 69.7 Å². The van der Waals surface area contributed by atoms with E-state index in [1.165, 1.54) is 12.7 Å². The van der Waals surface area contributed by atoms with Gasteiger partial charge in [0.1, 0.15) is 10.8 Å². The molecule has 0 saturated carbocycles. The van der Waals surface area contributed by atoms with Gasteiger partial charge in [0.2, 0.25) is 0 Å². The zero-order valence-electron chi connectivity index (χ0n) is 13.9. The molecule has 0 fully saturated rings. The molecule has 1 amide bonds. The lowest BCUT2D eigenvalue weighted by Gasteiger charge is -2.09. The van der Waals surface area contributed by atoms with E-state index in [4.69, 9.17) is 16.3 Å². The lowest BCUT2D eigenvalue weighted by molar-refractivity contribution is 0.0947. The number of carbonyl (C=O) groups is 1. The Bertz CT molecular complexity index is 908. The lowest BCUT2D eigenvalue weighted by atomic mass is 10.1. The maximum Gasteiger partial charge on any atom is 0.255 e. The molecule has 0 radical (unpaired) electrons. The first-order valence-corrected chi connectivity index (χ1v) is 8.96. The zero-order valence-corrected chi connectivity index (χ0v) is 15.4. The van der Waals surface area contributed by atoms with E-state index < -0.39 is 0 Å². The third-order valence-electron chi connectivity index (χ3n) is 3.76. The normalized spacial score (nSPS) is 10.5. The van der Waals surface area contributed by atoms with Crippen LogP contribution in [0.4, 0.5) is 0 Å². The molecule has 2 aromatic carbocycles. The van der Waals surface area contributed by atoms with Gasteiger partial charge in [-0.1, -0.05) is 35.9 Å². The van der Waals surface area contributed by atoms with Gasteiger partial charge in [-0.15, -0.1) is 11.3 Å². The molecule has 1 N–H and O–H groups in total. The van der Waals surface area contributed by atoms with Gasteiger partial charge in [0.25, 0.3) is 5.91 Å². The summed E-state index contributed by atoms with van der Waals surface area (Å²) < 4.78 is 5.22. The van der Waals surface area contributed by atoms with E-state index in [1.54, 1.807) is 29.5 Å². The molecule has 0 aliphatic heterocycles. The van der Waals surface area contributed by atoms with Crippen LogP contribution < -0.4 is 10.1 Å². The van der Waals surface area contributed by atoms with Crippen LogP contribution in [0.5, 0.6) is 5.75 Å². The number of rotatable bonds is 5. The predicted molar refractivity (Wildman–Crippen MR) is 101 cm³/mol. The Morgan fingerprint density at radius 2 is 2.08 bits per heavy atom. The van der Waals surface area contributed by atoms with Crippen molar-refractivity contribution < 1.29 is 9.53 Å². The van der Waals surface area contributed by atoms with Gasteiger partial charge in [-0.25, -0.2) is 4.98 Å². The summed E-state index contributed by atoms with van der Waals surface area (Å²) in [6, 6.07) is 13.1. The van der Waals surface area contributed by atoms with Gasteiger partial charge < -0.3 is 10.1 Å². The van der Waals surface area contributed by atoms with Crippen LogP contribution in [0.25, 0.3) is 10.6 Å². The number of hydrogen-bond acceptors (Lipinski definition) is 4. The number of halogens is 1. The fourth-order valence-electron chi connectivity index (χ4n) is 2.45. The Hall–Kier alpha value is -2.37. The molecule has 0 saturated heterocycles. The summed E-state index contributed by atoms with van der Waals surface area (Å²) in [7, 11) is 1.52. The summed E-state index contributed by atoms with van der Waals surface area (Å²) in [6.45, 7) is 2.40. The highest BCUT2D eigenvalue weighted by Crippen LogP contribution is 2.27. The van der Waals surface area contributed by atoms with E-state index in [1.807, 2.05) is 23.6 Å². The number of methoxy groups -OCH3 is 1. The third-order valence-corrected chi connectivity index (χ3v) is 4.92. The molecule has 3 rings (SSSR count). The van der Waals surface area contributed by atoms with Crippen molar-refractivity contribution in [3.8, 4) is 16.3 Å². The molecule has 4 nitrogen and oxygen atoms in total. The van der Waals surface area contributed by atoms with E-state index in [0.29, 0.717) is 22.9 Å². The Kier molecular flexibility index (Phi) is 5.36. The number of thiazole rings is 1. The van der Waals surface area contributed by atoms with Gasteiger partial charge in [-0.05, 0) is 30.7 Å².